The van der Waals surface area contributed by atoms with E-state index in [1.807, 2.05) is 18.2 Å². The summed E-state index contributed by atoms with van der Waals surface area (Å²) in [5.41, 5.74) is 0. The van der Waals surface area contributed by atoms with Crippen LogP contribution in [0.25, 0.3) is 10.8 Å². The van der Waals surface area contributed by atoms with Crippen LogP contribution >= 0.6 is 22.6 Å². The van der Waals surface area contributed by atoms with Gasteiger partial charge in [-0.2, -0.15) is 0 Å². The zero-order valence-corrected chi connectivity index (χ0v) is 11.5. The number of benzene rings is 3. The van der Waals surface area contributed by atoms with E-state index in [0.717, 1.165) is 0 Å². The summed E-state index contributed by atoms with van der Waals surface area (Å²) in [4.78, 5) is 0. The first kappa shape index (κ1) is 12.1. The molecule has 84 valence electrons. The molecule has 0 saturated heterocycles. The van der Waals surface area contributed by atoms with Crippen molar-refractivity contribution >= 4 is 33.4 Å². The summed E-state index contributed by atoms with van der Waals surface area (Å²) in [6, 6.07) is 26.9. The maximum Gasteiger partial charge on any atom is 0.0130 e. The Morgan fingerprint density at radius 3 is 1.12 bits per heavy atom. The summed E-state index contributed by atoms with van der Waals surface area (Å²) in [5.74, 6) is 0. The maximum atomic E-state index is 2.28. The first-order valence-corrected chi connectivity index (χ1v) is 6.58. The van der Waals surface area contributed by atoms with Crippen LogP contribution in [0.2, 0.25) is 0 Å². The highest BCUT2D eigenvalue weighted by atomic mass is 127. The molecule has 0 aromatic heterocycles. The van der Waals surface area contributed by atoms with Crippen molar-refractivity contribution in [1.29, 1.82) is 0 Å². The monoisotopic (exact) mass is 332 g/mol. The van der Waals surface area contributed by atoms with Crippen LogP contribution in [-0.4, -0.2) is 0 Å². The molecule has 0 heterocycles. The van der Waals surface area contributed by atoms with Gasteiger partial charge in [-0.3, -0.25) is 0 Å². The second kappa shape index (κ2) is 6.40. The first-order valence-electron chi connectivity index (χ1n) is 5.50. The average Bonchev–Trinajstić information content (AvgIpc) is 2.41. The fourth-order valence-corrected chi connectivity index (χ4v) is 1.96. The van der Waals surface area contributed by atoms with E-state index in [1.165, 1.54) is 14.3 Å². The summed E-state index contributed by atoms with van der Waals surface area (Å²) in [6.07, 6.45) is 0. The van der Waals surface area contributed by atoms with E-state index >= 15 is 0 Å². The van der Waals surface area contributed by atoms with E-state index in [9.17, 15) is 0 Å². The molecule has 3 rings (SSSR count). The van der Waals surface area contributed by atoms with Gasteiger partial charge in [0.25, 0.3) is 0 Å². The van der Waals surface area contributed by atoms with Crippen molar-refractivity contribution in [2.75, 3.05) is 0 Å². The van der Waals surface area contributed by atoms with Crippen molar-refractivity contribution in [3.05, 3.63) is 82.4 Å². The largest absolute Gasteiger partial charge is 0.0622 e. The molecule has 3 aromatic rings. The molecule has 3 aromatic carbocycles. The summed E-state index contributed by atoms with van der Waals surface area (Å²) in [5, 5.41) is 2.62. The number of fused-ring (bicyclic) bond motifs is 1. The third-order valence-electron chi connectivity index (χ3n) is 2.39. The number of halogens is 1. The Labute approximate surface area is 115 Å². The number of rotatable bonds is 0. The van der Waals surface area contributed by atoms with Crippen LogP contribution < -0.4 is 0 Å². The van der Waals surface area contributed by atoms with Gasteiger partial charge in [-0.15, -0.1) is 0 Å². The van der Waals surface area contributed by atoms with Crippen molar-refractivity contribution in [3.8, 4) is 0 Å². The predicted molar refractivity (Wildman–Crippen MR) is 83.1 cm³/mol. The number of hydrogen-bond acceptors (Lipinski definition) is 0. The topological polar surface area (TPSA) is 0 Å². The van der Waals surface area contributed by atoms with E-state index < -0.39 is 0 Å². The smallest absolute Gasteiger partial charge is 0.0130 e. The molecule has 0 spiro atoms. The van der Waals surface area contributed by atoms with Crippen LogP contribution in [0.4, 0.5) is 0 Å². The van der Waals surface area contributed by atoms with E-state index in [0.29, 0.717) is 0 Å². The Bertz CT molecular complexity index is 508. The maximum absolute atomic E-state index is 2.28. The van der Waals surface area contributed by atoms with E-state index in [2.05, 4.69) is 83.3 Å². The lowest BCUT2D eigenvalue weighted by Gasteiger charge is -1.92. The normalized spacial score (nSPS) is 9.47. The van der Waals surface area contributed by atoms with Crippen molar-refractivity contribution in [2.45, 2.75) is 0 Å². The highest BCUT2D eigenvalue weighted by molar-refractivity contribution is 14.1. The minimum atomic E-state index is 1.29. The molecule has 0 amide bonds. The Morgan fingerprint density at radius 2 is 0.824 bits per heavy atom. The SMILES string of the molecule is Ic1ccccc1.c1ccc2ccccc2c1. The molecule has 0 N–H and O–H groups in total. The van der Waals surface area contributed by atoms with E-state index in [-0.39, 0.29) is 0 Å². The van der Waals surface area contributed by atoms with Crippen molar-refractivity contribution in [2.24, 2.45) is 0 Å². The Balaban J connectivity index is 0.000000136. The highest BCUT2D eigenvalue weighted by Crippen LogP contribution is 2.11. The van der Waals surface area contributed by atoms with Crippen LogP contribution in [0.5, 0.6) is 0 Å². The van der Waals surface area contributed by atoms with Crippen LogP contribution in [0.1, 0.15) is 0 Å². The van der Waals surface area contributed by atoms with Gasteiger partial charge in [-0.1, -0.05) is 66.7 Å². The third kappa shape index (κ3) is 3.86. The van der Waals surface area contributed by atoms with Crippen LogP contribution in [0, 0.1) is 3.57 Å². The molecule has 0 aliphatic heterocycles. The van der Waals surface area contributed by atoms with Crippen molar-refractivity contribution in [3.63, 3.8) is 0 Å². The molecule has 0 nitrogen and oxygen atoms in total. The second-order valence-electron chi connectivity index (χ2n) is 3.64. The zero-order chi connectivity index (χ0) is 11.9. The van der Waals surface area contributed by atoms with Crippen LogP contribution in [-0.2, 0) is 0 Å². The minimum absolute atomic E-state index is 1.29. The van der Waals surface area contributed by atoms with Gasteiger partial charge in [0.2, 0.25) is 0 Å². The van der Waals surface area contributed by atoms with Gasteiger partial charge in [0.1, 0.15) is 0 Å². The molecule has 0 saturated carbocycles. The molecule has 0 bridgehead atoms. The molecule has 0 atom stereocenters. The molecule has 0 aliphatic carbocycles. The fraction of sp³-hybridized carbons (Fsp3) is 0. The quantitative estimate of drug-likeness (QED) is 0.501. The first-order chi connectivity index (χ1) is 8.36. The minimum Gasteiger partial charge on any atom is -0.0622 e. The molecular formula is C16H13I. The van der Waals surface area contributed by atoms with Crippen molar-refractivity contribution in [1.82, 2.24) is 0 Å². The molecule has 1 heteroatoms. The van der Waals surface area contributed by atoms with Gasteiger partial charge in [-0.25, -0.2) is 0 Å². The Hall–Kier alpha value is -1.35. The van der Waals surface area contributed by atoms with Gasteiger partial charge in [0, 0.05) is 3.57 Å². The molecule has 0 radical (unpaired) electrons. The Morgan fingerprint density at radius 1 is 0.471 bits per heavy atom. The summed E-state index contributed by atoms with van der Waals surface area (Å²) in [6.45, 7) is 0. The second-order valence-corrected chi connectivity index (χ2v) is 4.89. The highest BCUT2D eigenvalue weighted by Gasteiger charge is 1.85. The van der Waals surface area contributed by atoms with Gasteiger partial charge < -0.3 is 0 Å². The zero-order valence-electron chi connectivity index (χ0n) is 9.38. The van der Waals surface area contributed by atoms with Gasteiger partial charge in [0.05, 0.1) is 0 Å². The lowest BCUT2D eigenvalue weighted by Crippen LogP contribution is -1.67. The molecule has 0 unspecified atom stereocenters. The van der Waals surface area contributed by atoms with E-state index in [1.54, 1.807) is 0 Å². The number of hydrogen-bond donors (Lipinski definition) is 0. The van der Waals surface area contributed by atoms with Gasteiger partial charge in [-0.05, 0) is 45.5 Å². The lowest BCUT2D eigenvalue weighted by molar-refractivity contribution is 1.65. The van der Waals surface area contributed by atoms with Gasteiger partial charge in [0.15, 0.2) is 0 Å². The third-order valence-corrected chi connectivity index (χ3v) is 3.11. The Kier molecular flexibility index (Phi) is 4.56. The standard InChI is InChI=1S/C10H8.C6H5I/c1-2-6-10-8-4-3-7-9(10)5-1;7-6-4-2-1-3-5-6/h1-8H;1-5H. The summed E-state index contributed by atoms with van der Waals surface area (Å²) < 4.78 is 1.29. The summed E-state index contributed by atoms with van der Waals surface area (Å²) in [7, 11) is 0. The molecule has 0 fully saturated rings. The summed E-state index contributed by atoms with van der Waals surface area (Å²) >= 11 is 2.28. The van der Waals surface area contributed by atoms with Gasteiger partial charge >= 0.3 is 0 Å². The average molecular weight is 332 g/mol. The van der Waals surface area contributed by atoms with Crippen LogP contribution in [0.3, 0.4) is 0 Å². The fourth-order valence-electron chi connectivity index (χ4n) is 1.55. The van der Waals surface area contributed by atoms with E-state index in [4.69, 9.17) is 0 Å². The molecule has 0 aliphatic rings. The molecule has 17 heavy (non-hydrogen) atoms. The van der Waals surface area contributed by atoms with Crippen molar-refractivity contribution < 1.29 is 0 Å². The lowest BCUT2D eigenvalue weighted by atomic mass is 10.1. The predicted octanol–water partition coefficient (Wildman–Crippen LogP) is 5.13. The van der Waals surface area contributed by atoms with Crippen LogP contribution in [0.15, 0.2) is 78.9 Å². The molecular weight excluding hydrogens is 319 g/mol.